The third-order valence-electron chi connectivity index (χ3n) is 4.94. The van der Waals surface area contributed by atoms with E-state index >= 15 is 0 Å². The zero-order valence-electron chi connectivity index (χ0n) is 17.5. The van der Waals surface area contributed by atoms with Crippen LogP contribution in [0.5, 0.6) is 0 Å². The number of allylic oxidation sites excluding steroid dienone is 9. The number of hydrogen-bond acceptors (Lipinski definition) is 2. The lowest BCUT2D eigenvalue weighted by Gasteiger charge is -2.32. The topological polar surface area (TPSA) is 57.6 Å². The van der Waals surface area contributed by atoms with E-state index in [0.29, 0.717) is 5.57 Å². The van der Waals surface area contributed by atoms with Crippen LogP contribution in [0.25, 0.3) is 0 Å². The van der Waals surface area contributed by atoms with Crippen LogP contribution in [-0.4, -0.2) is 28.6 Å². The van der Waals surface area contributed by atoms with Crippen LogP contribution in [-0.2, 0) is 4.79 Å². The van der Waals surface area contributed by atoms with Crippen LogP contribution in [0.1, 0.15) is 60.8 Å². The Balaban J connectivity index is 2.79. The Morgan fingerprint density at radius 3 is 2.41 bits per heavy atom. The maximum absolute atomic E-state index is 11.9. The lowest BCUT2D eigenvalue weighted by atomic mass is 9.72. The van der Waals surface area contributed by atoms with Crippen LogP contribution in [0.4, 0.5) is 4.79 Å². The molecule has 0 bridgehead atoms. The highest BCUT2D eigenvalue weighted by Gasteiger charge is 2.26. The summed E-state index contributed by atoms with van der Waals surface area (Å²) in [7, 11) is 0. The normalized spacial score (nSPS) is 18.4. The summed E-state index contributed by atoms with van der Waals surface area (Å²) in [5, 5.41) is 8.96. The molecule has 0 atom stereocenters. The third-order valence-corrected chi connectivity index (χ3v) is 4.94. The minimum atomic E-state index is -1.23. The molecule has 0 spiro atoms. The summed E-state index contributed by atoms with van der Waals surface area (Å²) in [6.07, 6.45) is 13.8. The number of carbonyl (C=O) groups excluding carboxylic acids is 1. The van der Waals surface area contributed by atoms with Gasteiger partial charge in [-0.3, -0.25) is 4.79 Å². The summed E-state index contributed by atoms with van der Waals surface area (Å²) in [5.74, 6) is -0.519. The van der Waals surface area contributed by atoms with Crippen molar-refractivity contribution >= 4 is 12.0 Å². The summed E-state index contributed by atoms with van der Waals surface area (Å²) in [4.78, 5) is 23.6. The van der Waals surface area contributed by atoms with Crippen LogP contribution in [0.3, 0.4) is 0 Å². The van der Waals surface area contributed by atoms with Gasteiger partial charge in [-0.1, -0.05) is 55.4 Å². The van der Waals surface area contributed by atoms with E-state index in [-0.39, 0.29) is 12.0 Å². The van der Waals surface area contributed by atoms with Gasteiger partial charge in [0.1, 0.15) is 0 Å². The summed E-state index contributed by atoms with van der Waals surface area (Å²) >= 11 is 0. The second kappa shape index (κ2) is 10.1. The molecule has 1 N–H and O–H groups in total. The first kappa shape index (κ1) is 22.7. The van der Waals surface area contributed by atoms with Crippen molar-refractivity contribution in [1.82, 2.24) is 4.90 Å². The molecule has 0 aromatic carbocycles. The van der Waals surface area contributed by atoms with Crippen molar-refractivity contribution in [2.24, 2.45) is 5.41 Å². The summed E-state index contributed by atoms with van der Waals surface area (Å²) in [6, 6.07) is 0. The average Bonchev–Trinajstić information content (AvgIpc) is 2.53. The molecule has 2 amide bonds. The average molecular weight is 372 g/mol. The lowest BCUT2D eigenvalue weighted by Crippen LogP contribution is -2.34. The fourth-order valence-corrected chi connectivity index (χ4v) is 3.34. The zero-order chi connectivity index (χ0) is 20.6. The highest BCUT2D eigenvalue weighted by molar-refractivity contribution is 5.98. The zero-order valence-corrected chi connectivity index (χ0v) is 17.5. The molecule has 0 aromatic rings. The SMILES string of the molecule is CCN(C(=O)O)C(=O)C=C(C)C=CC=C(C)C=CC1=C(C)CCCC1(C)C. The Labute approximate surface area is 163 Å². The lowest BCUT2D eigenvalue weighted by molar-refractivity contribution is -0.123. The number of likely N-dealkylation sites (N-methyl/N-ethyl adjacent to an activating group) is 1. The second-order valence-electron chi connectivity index (χ2n) is 7.79. The van der Waals surface area contributed by atoms with E-state index < -0.39 is 12.0 Å². The Kier molecular flexibility index (Phi) is 8.48. The van der Waals surface area contributed by atoms with Gasteiger partial charge in [-0.15, -0.1) is 0 Å². The molecule has 4 nitrogen and oxygen atoms in total. The first-order valence-electron chi connectivity index (χ1n) is 9.54. The van der Waals surface area contributed by atoms with Gasteiger partial charge >= 0.3 is 6.09 Å². The number of nitrogens with zero attached hydrogens (tertiary/aromatic N) is 1. The molecule has 1 aliphatic carbocycles. The number of carbonyl (C=O) groups is 2. The van der Waals surface area contributed by atoms with Gasteiger partial charge in [0.25, 0.3) is 5.91 Å². The Hall–Kier alpha value is -2.36. The van der Waals surface area contributed by atoms with E-state index in [4.69, 9.17) is 5.11 Å². The quantitative estimate of drug-likeness (QED) is 0.457. The van der Waals surface area contributed by atoms with E-state index in [1.165, 1.54) is 36.5 Å². The van der Waals surface area contributed by atoms with Crippen LogP contribution in [0, 0.1) is 5.41 Å². The Morgan fingerprint density at radius 1 is 1.19 bits per heavy atom. The molecule has 0 heterocycles. The standard InChI is InChI=1S/C23H33NO3/c1-7-24(22(26)27)21(25)16-18(3)11-8-10-17(2)13-14-20-19(4)12-9-15-23(20,5)6/h8,10-11,13-14,16H,7,9,12,15H2,1-6H3,(H,26,27). The summed E-state index contributed by atoms with van der Waals surface area (Å²) < 4.78 is 0. The number of carboxylic acid groups (broad SMARTS) is 1. The van der Waals surface area contributed by atoms with Crippen LogP contribution in [0.2, 0.25) is 0 Å². The van der Waals surface area contributed by atoms with Gasteiger partial charge in [-0.2, -0.15) is 0 Å². The van der Waals surface area contributed by atoms with Gasteiger partial charge in [0.15, 0.2) is 0 Å². The molecule has 0 saturated carbocycles. The molecule has 4 heteroatoms. The number of amides is 2. The molecular weight excluding hydrogens is 338 g/mol. The van der Waals surface area contributed by atoms with Crippen molar-refractivity contribution in [3.8, 4) is 0 Å². The predicted molar refractivity (Wildman–Crippen MR) is 112 cm³/mol. The largest absolute Gasteiger partial charge is 0.465 e. The van der Waals surface area contributed by atoms with Gasteiger partial charge in [0.2, 0.25) is 0 Å². The van der Waals surface area contributed by atoms with Gasteiger partial charge in [0, 0.05) is 12.6 Å². The van der Waals surface area contributed by atoms with Crippen molar-refractivity contribution in [2.75, 3.05) is 6.54 Å². The second-order valence-corrected chi connectivity index (χ2v) is 7.79. The van der Waals surface area contributed by atoms with E-state index in [2.05, 4.69) is 32.9 Å². The van der Waals surface area contributed by atoms with E-state index in [1.807, 2.05) is 19.1 Å². The first-order valence-corrected chi connectivity index (χ1v) is 9.54. The van der Waals surface area contributed by atoms with E-state index in [0.717, 1.165) is 10.5 Å². The molecule has 0 saturated heterocycles. The summed E-state index contributed by atoms with van der Waals surface area (Å²) in [6.45, 7) is 12.4. The Morgan fingerprint density at radius 2 is 1.85 bits per heavy atom. The highest BCUT2D eigenvalue weighted by atomic mass is 16.4. The van der Waals surface area contributed by atoms with E-state index in [1.54, 1.807) is 19.9 Å². The first-order chi connectivity index (χ1) is 12.6. The maximum Gasteiger partial charge on any atom is 0.414 e. The molecule has 0 unspecified atom stereocenters. The van der Waals surface area contributed by atoms with Crippen LogP contribution >= 0.6 is 0 Å². The molecule has 27 heavy (non-hydrogen) atoms. The van der Waals surface area contributed by atoms with Gasteiger partial charge in [0.05, 0.1) is 0 Å². The fraction of sp³-hybridized carbons (Fsp3) is 0.478. The van der Waals surface area contributed by atoms with Gasteiger partial charge in [-0.05, 0) is 63.5 Å². The number of imide groups is 1. The van der Waals surface area contributed by atoms with Crippen LogP contribution in [0.15, 0.2) is 58.7 Å². The molecule has 1 rings (SSSR count). The molecule has 1 aliphatic rings. The number of rotatable bonds is 6. The predicted octanol–water partition coefficient (Wildman–Crippen LogP) is 6.04. The van der Waals surface area contributed by atoms with E-state index in [9.17, 15) is 9.59 Å². The van der Waals surface area contributed by atoms with Gasteiger partial charge in [-0.25, -0.2) is 9.69 Å². The Bertz CT molecular complexity index is 718. The van der Waals surface area contributed by atoms with Crippen molar-refractivity contribution < 1.29 is 14.7 Å². The van der Waals surface area contributed by atoms with Crippen molar-refractivity contribution in [2.45, 2.75) is 60.8 Å². The van der Waals surface area contributed by atoms with Gasteiger partial charge < -0.3 is 5.11 Å². The monoisotopic (exact) mass is 371 g/mol. The molecular formula is C23H33NO3. The smallest absolute Gasteiger partial charge is 0.414 e. The molecule has 0 fully saturated rings. The molecule has 0 radical (unpaired) electrons. The molecule has 0 aliphatic heterocycles. The fourth-order valence-electron chi connectivity index (χ4n) is 3.34. The van der Waals surface area contributed by atoms with Crippen molar-refractivity contribution in [1.29, 1.82) is 0 Å². The van der Waals surface area contributed by atoms with Crippen LogP contribution < -0.4 is 0 Å². The third kappa shape index (κ3) is 7.05. The molecule has 148 valence electrons. The van der Waals surface area contributed by atoms with Crippen molar-refractivity contribution in [3.05, 3.63) is 58.7 Å². The highest BCUT2D eigenvalue weighted by Crippen LogP contribution is 2.40. The summed E-state index contributed by atoms with van der Waals surface area (Å²) in [5.41, 5.74) is 4.96. The minimum absolute atomic E-state index is 0.136. The molecule has 0 aromatic heterocycles. The van der Waals surface area contributed by atoms with Crippen molar-refractivity contribution in [3.63, 3.8) is 0 Å². The minimum Gasteiger partial charge on any atom is -0.465 e. The maximum atomic E-state index is 11.9. The number of hydrogen-bond donors (Lipinski definition) is 1.